The fourth-order valence-corrected chi connectivity index (χ4v) is 3.24. The van der Waals surface area contributed by atoms with Crippen LogP contribution in [0.1, 0.15) is 17.7 Å². The average Bonchev–Trinajstić information content (AvgIpc) is 3.26. The molecule has 0 aliphatic heterocycles. The largest absolute Gasteiger partial charge is 0.497 e. The SMILES string of the molecule is COc1ccc(-c2csc(CNC(=O)C3(C(=O)O)CC3)c2)cc1. The number of benzene rings is 1. The lowest BCUT2D eigenvalue weighted by Gasteiger charge is -2.09. The number of methoxy groups -OCH3 is 1. The number of thiophene rings is 1. The molecule has 1 amide bonds. The summed E-state index contributed by atoms with van der Waals surface area (Å²) in [6, 6.07) is 9.77. The van der Waals surface area contributed by atoms with Gasteiger partial charge in [-0.2, -0.15) is 0 Å². The van der Waals surface area contributed by atoms with E-state index >= 15 is 0 Å². The van der Waals surface area contributed by atoms with E-state index in [2.05, 4.69) is 5.32 Å². The third-order valence-corrected chi connectivity index (χ3v) is 5.03. The highest BCUT2D eigenvalue weighted by Gasteiger charge is 2.56. The van der Waals surface area contributed by atoms with Crippen LogP contribution < -0.4 is 10.1 Å². The lowest BCUT2D eigenvalue weighted by Crippen LogP contribution is -2.36. The first-order valence-corrected chi connectivity index (χ1v) is 8.17. The number of hydrogen-bond acceptors (Lipinski definition) is 4. The Labute approximate surface area is 137 Å². The maximum Gasteiger partial charge on any atom is 0.319 e. The summed E-state index contributed by atoms with van der Waals surface area (Å²) < 4.78 is 5.14. The molecule has 120 valence electrons. The molecule has 23 heavy (non-hydrogen) atoms. The summed E-state index contributed by atoms with van der Waals surface area (Å²) in [4.78, 5) is 24.1. The first-order valence-electron chi connectivity index (χ1n) is 7.29. The number of carboxylic acids is 1. The van der Waals surface area contributed by atoms with E-state index in [9.17, 15) is 9.59 Å². The van der Waals surface area contributed by atoms with Crippen LogP contribution in [0, 0.1) is 5.41 Å². The molecule has 1 aliphatic rings. The van der Waals surface area contributed by atoms with Gasteiger partial charge in [0.05, 0.1) is 13.7 Å². The van der Waals surface area contributed by atoms with Gasteiger partial charge in [-0.05, 0) is 47.5 Å². The van der Waals surface area contributed by atoms with E-state index in [1.54, 1.807) is 18.4 Å². The number of hydrogen-bond donors (Lipinski definition) is 2. The van der Waals surface area contributed by atoms with Crippen molar-refractivity contribution in [3.63, 3.8) is 0 Å². The highest BCUT2D eigenvalue weighted by atomic mass is 32.1. The lowest BCUT2D eigenvalue weighted by atomic mass is 10.1. The second-order valence-electron chi connectivity index (χ2n) is 5.60. The van der Waals surface area contributed by atoms with Crippen molar-refractivity contribution in [2.45, 2.75) is 19.4 Å². The van der Waals surface area contributed by atoms with E-state index in [-0.39, 0.29) is 5.91 Å². The summed E-state index contributed by atoms with van der Waals surface area (Å²) in [5, 5.41) is 13.9. The fraction of sp³-hybridized carbons (Fsp3) is 0.294. The van der Waals surface area contributed by atoms with Crippen molar-refractivity contribution >= 4 is 23.2 Å². The Hall–Kier alpha value is -2.34. The van der Waals surface area contributed by atoms with E-state index in [1.807, 2.05) is 35.7 Å². The Kier molecular flexibility index (Phi) is 4.09. The molecule has 1 heterocycles. The molecule has 1 fully saturated rings. The molecule has 0 radical (unpaired) electrons. The predicted octanol–water partition coefficient (Wildman–Crippen LogP) is 2.90. The number of amides is 1. The summed E-state index contributed by atoms with van der Waals surface area (Å²) in [6.45, 7) is 0.356. The van der Waals surface area contributed by atoms with Gasteiger partial charge in [0.1, 0.15) is 11.2 Å². The number of nitrogens with one attached hydrogen (secondary N) is 1. The van der Waals surface area contributed by atoms with Crippen LogP contribution in [-0.4, -0.2) is 24.1 Å². The smallest absolute Gasteiger partial charge is 0.319 e. The zero-order chi connectivity index (χ0) is 16.4. The molecule has 1 saturated carbocycles. The molecular weight excluding hydrogens is 314 g/mol. The zero-order valence-corrected chi connectivity index (χ0v) is 13.5. The number of aliphatic carboxylic acids is 1. The van der Waals surface area contributed by atoms with Gasteiger partial charge in [0.25, 0.3) is 0 Å². The monoisotopic (exact) mass is 331 g/mol. The van der Waals surface area contributed by atoms with Gasteiger partial charge in [0, 0.05) is 4.88 Å². The van der Waals surface area contributed by atoms with E-state index in [0.717, 1.165) is 21.8 Å². The Morgan fingerprint density at radius 2 is 1.96 bits per heavy atom. The minimum absolute atomic E-state index is 0.356. The van der Waals surface area contributed by atoms with Crippen LogP contribution in [-0.2, 0) is 16.1 Å². The summed E-state index contributed by atoms with van der Waals surface area (Å²) in [5.41, 5.74) is 0.959. The predicted molar refractivity (Wildman–Crippen MR) is 87.5 cm³/mol. The number of rotatable bonds is 6. The molecule has 0 atom stereocenters. The average molecular weight is 331 g/mol. The summed E-state index contributed by atoms with van der Waals surface area (Å²) in [7, 11) is 1.63. The first-order chi connectivity index (χ1) is 11.0. The molecule has 6 heteroatoms. The molecular formula is C17H17NO4S. The van der Waals surface area contributed by atoms with Crippen molar-refractivity contribution in [1.29, 1.82) is 0 Å². The summed E-state index contributed by atoms with van der Waals surface area (Å²) in [6.07, 6.45) is 0.853. The van der Waals surface area contributed by atoms with Crippen LogP contribution >= 0.6 is 11.3 Å². The third kappa shape index (κ3) is 3.07. The Balaban J connectivity index is 1.63. The maximum absolute atomic E-state index is 12.0. The van der Waals surface area contributed by atoms with Crippen molar-refractivity contribution < 1.29 is 19.4 Å². The summed E-state index contributed by atoms with van der Waals surface area (Å²) >= 11 is 1.54. The van der Waals surface area contributed by atoms with Gasteiger partial charge in [-0.3, -0.25) is 9.59 Å². The molecule has 1 aromatic heterocycles. The van der Waals surface area contributed by atoms with Crippen LogP contribution in [0.25, 0.3) is 11.1 Å². The van der Waals surface area contributed by atoms with Gasteiger partial charge in [-0.25, -0.2) is 0 Å². The number of ether oxygens (including phenoxy) is 1. The van der Waals surface area contributed by atoms with Crippen LogP contribution in [0.5, 0.6) is 5.75 Å². The quantitative estimate of drug-likeness (QED) is 0.798. The van der Waals surface area contributed by atoms with Crippen LogP contribution in [0.3, 0.4) is 0 Å². The van der Waals surface area contributed by atoms with Gasteiger partial charge in [0.2, 0.25) is 5.91 Å². The van der Waals surface area contributed by atoms with Crippen molar-refractivity contribution in [2.24, 2.45) is 5.41 Å². The standard InChI is InChI=1S/C17H17NO4S/c1-22-13-4-2-11(3-5-13)12-8-14(23-10-12)9-18-15(19)17(6-7-17)16(20)21/h2-5,8,10H,6-7,9H2,1H3,(H,18,19)(H,20,21). The van der Waals surface area contributed by atoms with Crippen molar-refractivity contribution in [3.05, 3.63) is 40.6 Å². The molecule has 0 saturated heterocycles. The molecule has 2 aromatic rings. The summed E-state index contributed by atoms with van der Waals surface area (Å²) in [5.74, 6) is -0.607. The number of carbonyl (C=O) groups excluding carboxylic acids is 1. The van der Waals surface area contributed by atoms with Gasteiger partial charge in [-0.15, -0.1) is 11.3 Å². The number of carboxylic acid groups (broad SMARTS) is 1. The Morgan fingerprint density at radius 1 is 1.26 bits per heavy atom. The molecule has 3 rings (SSSR count). The fourth-order valence-electron chi connectivity index (χ4n) is 2.41. The minimum atomic E-state index is -1.18. The topological polar surface area (TPSA) is 75.6 Å². The van der Waals surface area contributed by atoms with Crippen molar-refractivity contribution in [2.75, 3.05) is 7.11 Å². The van der Waals surface area contributed by atoms with Crippen LogP contribution in [0.2, 0.25) is 0 Å². The van der Waals surface area contributed by atoms with Crippen LogP contribution in [0.15, 0.2) is 35.7 Å². The van der Waals surface area contributed by atoms with Gasteiger partial charge in [0.15, 0.2) is 0 Å². The molecule has 0 spiro atoms. The molecule has 2 N–H and O–H groups in total. The highest BCUT2D eigenvalue weighted by molar-refractivity contribution is 7.10. The second kappa shape index (κ2) is 6.04. The Bertz CT molecular complexity index is 731. The van der Waals surface area contributed by atoms with E-state index in [1.165, 1.54) is 0 Å². The number of carbonyl (C=O) groups is 2. The van der Waals surface area contributed by atoms with Crippen molar-refractivity contribution in [3.8, 4) is 16.9 Å². The molecule has 5 nitrogen and oxygen atoms in total. The Morgan fingerprint density at radius 3 is 2.52 bits per heavy atom. The molecule has 0 unspecified atom stereocenters. The lowest BCUT2D eigenvalue weighted by molar-refractivity contribution is -0.149. The van der Waals surface area contributed by atoms with E-state index in [0.29, 0.717) is 19.4 Å². The maximum atomic E-state index is 12.0. The van der Waals surface area contributed by atoms with Crippen LogP contribution in [0.4, 0.5) is 0 Å². The first kappa shape index (κ1) is 15.6. The van der Waals surface area contributed by atoms with E-state index < -0.39 is 11.4 Å². The minimum Gasteiger partial charge on any atom is -0.497 e. The van der Waals surface area contributed by atoms with Gasteiger partial charge in [-0.1, -0.05) is 12.1 Å². The molecule has 0 bridgehead atoms. The van der Waals surface area contributed by atoms with Gasteiger partial charge < -0.3 is 15.2 Å². The normalized spacial score (nSPS) is 15.0. The van der Waals surface area contributed by atoms with Crippen molar-refractivity contribution in [1.82, 2.24) is 5.32 Å². The molecule has 1 aromatic carbocycles. The molecule has 1 aliphatic carbocycles. The van der Waals surface area contributed by atoms with E-state index in [4.69, 9.17) is 9.84 Å². The second-order valence-corrected chi connectivity index (χ2v) is 6.60. The van der Waals surface area contributed by atoms with Gasteiger partial charge >= 0.3 is 5.97 Å². The highest BCUT2D eigenvalue weighted by Crippen LogP contribution is 2.46. The zero-order valence-electron chi connectivity index (χ0n) is 12.7. The third-order valence-electron chi connectivity index (χ3n) is 4.09.